The Labute approximate surface area is 124 Å². The minimum absolute atomic E-state index is 0.0387. The zero-order chi connectivity index (χ0) is 15.3. The monoisotopic (exact) mass is 306 g/mol. The molecule has 0 amide bonds. The van der Waals surface area contributed by atoms with Gasteiger partial charge in [-0.1, -0.05) is 29.8 Å². The van der Waals surface area contributed by atoms with Crippen molar-refractivity contribution in [3.05, 3.63) is 53.9 Å². The maximum Gasteiger partial charge on any atom is 0.244 e. The van der Waals surface area contributed by atoms with Gasteiger partial charge in [0.25, 0.3) is 0 Å². The van der Waals surface area contributed by atoms with E-state index in [0.29, 0.717) is 18.7 Å². The number of nitrogen functional groups attached to an aromatic ring is 1. The van der Waals surface area contributed by atoms with Gasteiger partial charge in [-0.2, -0.15) is 0 Å². The first-order chi connectivity index (χ1) is 10.0. The molecule has 0 spiro atoms. The van der Waals surface area contributed by atoms with E-state index >= 15 is 0 Å². The smallest absolute Gasteiger partial charge is 0.244 e. The van der Waals surface area contributed by atoms with E-state index in [1.165, 1.54) is 18.5 Å². The first kappa shape index (κ1) is 15.4. The molecule has 6 nitrogen and oxygen atoms in total. The highest BCUT2D eigenvalue weighted by Gasteiger charge is 2.17. The van der Waals surface area contributed by atoms with Crippen LogP contribution in [-0.4, -0.2) is 19.9 Å². The van der Waals surface area contributed by atoms with Crippen molar-refractivity contribution in [1.82, 2.24) is 9.71 Å². The molecule has 0 bridgehead atoms. The number of nitrogens with zero attached hydrogens (tertiary/aromatic N) is 1. The number of nitrogens with one attached hydrogen (secondary N) is 2. The van der Waals surface area contributed by atoms with Gasteiger partial charge in [-0.15, -0.1) is 0 Å². The molecule has 112 valence electrons. The summed E-state index contributed by atoms with van der Waals surface area (Å²) >= 11 is 0. The van der Waals surface area contributed by atoms with Crippen LogP contribution >= 0.6 is 0 Å². The largest absolute Gasteiger partial charge is 0.323 e. The molecule has 0 aliphatic heterocycles. The summed E-state index contributed by atoms with van der Waals surface area (Å²) in [5, 5.41) is 0. The van der Waals surface area contributed by atoms with Gasteiger partial charge in [0.15, 0.2) is 0 Å². The van der Waals surface area contributed by atoms with Crippen LogP contribution in [0.2, 0.25) is 0 Å². The highest BCUT2D eigenvalue weighted by molar-refractivity contribution is 7.89. The maximum absolute atomic E-state index is 12.2. The molecule has 1 heterocycles. The molecule has 1 aromatic heterocycles. The summed E-state index contributed by atoms with van der Waals surface area (Å²) in [6, 6.07) is 9.47. The molecule has 0 fully saturated rings. The highest BCUT2D eigenvalue weighted by Crippen LogP contribution is 2.17. The van der Waals surface area contributed by atoms with Crippen molar-refractivity contribution in [3.8, 4) is 0 Å². The van der Waals surface area contributed by atoms with E-state index in [1.54, 1.807) is 0 Å². The summed E-state index contributed by atoms with van der Waals surface area (Å²) in [5.41, 5.74) is 4.91. The number of aromatic nitrogens is 1. The van der Waals surface area contributed by atoms with Crippen LogP contribution in [0.3, 0.4) is 0 Å². The molecule has 0 aliphatic carbocycles. The van der Waals surface area contributed by atoms with Gasteiger partial charge in [-0.3, -0.25) is 10.8 Å². The van der Waals surface area contributed by atoms with Crippen molar-refractivity contribution in [1.29, 1.82) is 0 Å². The Balaban J connectivity index is 2.05. The van der Waals surface area contributed by atoms with Gasteiger partial charge in [0.05, 0.1) is 5.69 Å². The number of anilines is 1. The predicted octanol–water partition coefficient (Wildman–Crippen LogP) is 1.20. The number of hydrogen-bond acceptors (Lipinski definition) is 5. The van der Waals surface area contributed by atoms with Gasteiger partial charge >= 0.3 is 0 Å². The fraction of sp³-hybridized carbons (Fsp3) is 0.214. The van der Waals surface area contributed by atoms with Crippen molar-refractivity contribution >= 4 is 15.7 Å². The minimum atomic E-state index is -3.64. The van der Waals surface area contributed by atoms with Crippen molar-refractivity contribution in [2.75, 3.05) is 12.0 Å². The Kier molecular flexibility index (Phi) is 4.89. The van der Waals surface area contributed by atoms with Gasteiger partial charge in [-0.05, 0) is 25.0 Å². The highest BCUT2D eigenvalue weighted by atomic mass is 32.2. The van der Waals surface area contributed by atoms with Crippen LogP contribution in [0.4, 0.5) is 5.69 Å². The van der Waals surface area contributed by atoms with E-state index in [0.717, 1.165) is 11.1 Å². The van der Waals surface area contributed by atoms with Crippen molar-refractivity contribution in [2.45, 2.75) is 18.2 Å². The van der Waals surface area contributed by atoms with Crippen LogP contribution in [0, 0.1) is 6.92 Å². The van der Waals surface area contributed by atoms with E-state index in [4.69, 9.17) is 5.84 Å². The SMILES string of the molecule is Cc1cccc(CCNS(=O)(=O)c2cnccc2NN)c1. The van der Waals surface area contributed by atoms with Crippen LogP contribution < -0.4 is 16.0 Å². The van der Waals surface area contributed by atoms with Crippen molar-refractivity contribution < 1.29 is 8.42 Å². The van der Waals surface area contributed by atoms with Crippen molar-refractivity contribution in [2.24, 2.45) is 5.84 Å². The van der Waals surface area contributed by atoms with E-state index in [2.05, 4.69) is 15.1 Å². The predicted molar refractivity (Wildman–Crippen MR) is 82.1 cm³/mol. The fourth-order valence-electron chi connectivity index (χ4n) is 1.99. The number of aryl methyl sites for hydroxylation is 1. The van der Waals surface area contributed by atoms with Crippen LogP contribution in [0.25, 0.3) is 0 Å². The minimum Gasteiger partial charge on any atom is -0.323 e. The van der Waals surface area contributed by atoms with Gasteiger partial charge < -0.3 is 5.43 Å². The molecule has 0 saturated carbocycles. The average molecular weight is 306 g/mol. The van der Waals surface area contributed by atoms with E-state index < -0.39 is 10.0 Å². The van der Waals surface area contributed by atoms with Gasteiger partial charge in [0.2, 0.25) is 10.0 Å². The zero-order valence-electron chi connectivity index (χ0n) is 11.7. The summed E-state index contributed by atoms with van der Waals surface area (Å²) in [6.45, 7) is 2.31. The van der Waals surface area contributed by atoms with Gasteiger partial charge in [0.1, 0.15) is 4.90 Å². The molecule has 4 N–H and O–H groups in total. The summed E-state index contributed by atoms with van der Waals surface area (Å²) in [4.78, 5) is 3.86. The van der Waals surface area contributed by atoms with Crippen molar-refractivity contribution in [3.63, 3.8) is 0 Å². The summed E-state index contributed by atoms with van der Waals surface area (Å²) < 4.78 is 27.0. The number of hydrogen-bond donors (Lipinski definition) is 3. The average Bonchev–Trinajstić information content (AvgIpc) is 2.47. The molecule has 2 aromatic rings. The molecule has 0 saturated heterocycles. The standard InChI is InChI=1S/C14H18N4O2S/c1-11-3-2-4-12(9-11)5-8-17-21(19,20)14-10-16-7-6-13(14)18-15/h2-4,6-7,9-10,17H,5,8,15H2,1H3,(H,16,18). The Hall–Kier alpha value is -1.96. The first-order valence-corrected chi connectivity index (χ1v) is 7.97. The number of benzene rings is 1. The molecule has 2 rings (SSSR count). The van der Waals surface area contributed by atoms with E-state index in [-0.39, 0.29) is 4.90 Å². The quantitative estimate of drug-likeness (QED) is 0.550. The zero-order valence-corrected chi connectivity index (χ0v) is 12.5. The Morgan fingerprint density at radius 2 is 2.10 bits per heavy atom. The Morgan fingerprint density at radius 3 is 2.81 bits per heavy atom. The normalized spacial score (nSPS) is 11.3. The first-order valence-electron chi connectivity index (χ1n) is 6.49. The molecular formula is C14H18N4O2S. The summed E-state index contributed by atoms with van der Waals surface area (Å²) in [6.07, 6.45) is 3.36. The third kappa shape index (κ3) is 4.01. The maximum atomic E-state index is 12.2. The second-order valence-electron chi connectivity index (χ2n) is 4.65. The van der Waals surface area contributed by atoms with Gasteiger partial charge in [0, 0.05) is 18.9 Å². The van der Waals surface area contributed by atoms with Gasteiger partial charge in [-0.25, -0.2) is 13.1 Å². The number of pyridine rings is 1. The lowest BCUT2D eigenvalue weighted by Gasteiger charge is -2.10. The van der Waals surface area contributed by atoms with Crippen LogP contribution in [0.5, 0.6) is 0 Å². The van der Waals surface area contributed by atoms with E-state index in [9.17, 15) is 8.42 Å². The molecule has 0 atom stereocenters. The molecule has 21 heavy (non-hydrogen) atoms. The Bertz CT molecular complexity index is 716. The summed E-state index contributed by atoms with van der Waals surface area (Å²) in [5.74, 6) is 5.31. The summed E-state index contributed by atoms with van der Waals surface area (Å²) in [7, 11) is -3.64. The molecule has 0 aliphatic rings. The number of nitrogens with two attached hydrogens (primary N) is 1. The second-order valence-corrected chi connectivity index (χ2v) is 6.39. The molecule has 0 unspecified atom stereocenters. The molecule has 0 radical (unpaired) electrons. The second kappa shape index (κ2) is 6.66. The van der Waals surface area contributed by atoms with Crippen LogP contribution in [-0.2, 0) is 16.4 Å². The molecule has 1 aromatic carbocycles. The fourth-order valence-corrected chi connectivity index (χ4v) is 3.13. The molecule has 7 heteroatoms. The van der Waals surface area contributed by atoms with E-state index in [1.807, 2.05) is 31.2 Å². The lowest BCUT2D eigenvalue weighted by atomic mass is 10.1. The van der Waals surface area contributed by atoms with Crippen LogP contribution in [0.15, 0.2) is 47.6 Å². The Morgan fingerprint density at radius 1 is 1.29 bits per heavy atom. The topological polar surface area (TPSA) is 97.1 Å². The number of rotatable bonds is 6. The lowest BCUT2D eigenvalue weighted by molar-refractivity contribution is 0.581. The number of sulfonamides is 1. The number of hydrazine groups is 1. The third-order valence-electron chi connectivity index (χ3n) is 3.02. The molecular weight excluding hydrogens is 288 g/mol. The third-order valence-corrected chi connectivity index (χ3v) is 4.51. The van der Waals surface area contributed by atoms with Crippen LogP contribution in [0.1, 0.15) is 11.1 Å². The lowest BCUT2D eigenvalue weighted by Crippen LogP contribution is -2.27.